The Morgan fingerprint density at radius 2 is 1.81 bits per heavy atom. The third-order valence-electron chi connectivity index (χ3n) is 5.10. The van der Waals surface area contributed by atoms with E-state index < -0.39 is 5.91 Å². The molecule has 0 atom stereocenters. The summed E-state index contributed by atoms with van der Waals surface area (Å²) in [5.41, 5.74) is 3.21. The van der Waals surface area contributed by atoms with E-state index in [2.05, 4.69) is 5.32 Å². The van der Waals surface area contributed by atoms with Gasteiger partial charge in [-0.25, -0.2) is 4.39 Å². The number of carbonyl (C=O) groups is 1. The van der Waals surface area contributed by atoms with Crippen LogP contribution in [0.3, 0.4) is 0 Å². The zero-order valence-corrected chi connectivity index (χ0v) is 17.4. The van der Waals surface area contributed by atoms with Crippen molar-refractivity contribution in [1.29, 1.82) is 5.26 Å². The van der Waals surface area contributed by atoms with Crippen molar-refractivity contribution in [1.82, 2.24) is 4.57 Å². The molecule has 0 aliphatic rings. The number of methoxy groups -OCH3 is 1. The molecule has 0 spiro atoms. The van der Waals surface area contributed by atoms with Crippen LogP contribution in [-0.4, -0.2) is 17.6 Å². The number of benzene rings is 3. The van der Waals surface area contributed by atoms with Crippen LogP contribution in [-0.2, 0) is 11.3 Å². The van der Waals surface area contributed by atoms with E-state index in [0.29, 0.717) is 18.0 Å². The molecule has 0 aliphatic heterocycles. The third kappa shape index (κ3) is 4.52. The molecule has 1 N–H and O–H groups in total. The summed E-state index contributed by atoms with van der Waals surface area (Å²) in [7, 11) is 1.57. The normalized spacial score (nSPS) is 11.2. The van der Waals surface area contributed by atoms with Gasteiger partial charge in [0.25, 0.3) is 5.91 Å². The number of carbonyl (C=O) groups excluding carboxylic acids is 1. The first-order valence-electron chi connectivity index (χ1n) is 9.97. The lowest BCUT2D eigenvalue weighted by atomic mass is 10.1. The Bertz CT molecular complexity index is 1330. The van der Waals surface area contributed by atoms with Crippen LogP contribution in [0.4, 0.5) is 10.1 Å². The van der Waals surface area contributed by atoms with E-state index in [4.69, 9.17) is 4.74 Å². The van der Waals surface area contributed by atoms with E-state index in [-0.39, 0.29) is 11.4 Å². The number of rotatable bonds is 6. The lowest BCUT2D eigenvalue weighted by Gasteiger charge is -2.05. The highest BCUT2D eigenvalue weighted by Gasteiger charge is 2.13. The van der Waals surface area contributed by atoms with Crippen LogP contribution < -0.4 is 10.1 Å². The highest BCUT2D eigenvalue weighted by Crippen LogP contribution is 2.25. The Kier molecular flexibility index (Phi) is 6.00. The zero-order valence-electron chi connectivity index (χ0n) is 17.4. The topological polar surface area (TPSA) is 67.0 Å². The number of ether oxygens (including phenoxy) is 1. The van der Waals surface area contributed by atoms with Crippen molar-refractivity contribution in [2.24, 2.45) is 0 Å². The summed E-state index contributed by atoms with van der Waals surface area (Å²) < 4.78 is 20.4. The van der Waals surface area contributed by atoms with Crippen molar-refractivity contribution < 1.29 is 13.9 Å². The van der Waals surface area contributed by atoms with Crippen molar-refractivity contribution in [3.63, 3.8) is 0 Å². The maximum Gasteiger partial charge on any atom is 0.266 e. The Hall–Kier alpha value is -4.37. The molecule has 0 aliphatic carbocycles. The van der Waals surface area contributed by atoms with Crippen LogP contribution in [0.15, 0.2) is 84.6 Å². The van der Waals surface area contributed by atoms with Crippen molar-refractivity contribution in [3.8, 4) is 11.8 Å². The lowest BCUT2D eigenvalue weighted by Crippen LogP contribution is -2.13. The summed E-state index contributed by atoms with van der Waals surface area (Å²) in [5.74, 6) is -0.0997. The molecule has 0 fully saturated rings. The number of hydrogen-bond donors (Lipinski definition) is 1. The SMILES string of the molecule is COc1ccc(NC(=O)/C(C#N)=C\c2cn(Cc3ccc(F)cc3)c3ccccc23)cc1. The molecule has 158 valence electrons. The van der Waals surface area contributed by atoms with Gasteiger partial charge in [0.05, 0.1) is 7.11 Å². The van der Waals surface area contributed by atoms with Crippen LogP contribution in [0, 0.1) is 17.1 Å². The van der Waals surface area contributed by atoms with E-state index in [0.717, 1.165) is 22.0 Å². The number of nitrogens with zero attached hydrogens (tertiary/aromatic N) is 2. The molecule has 4 aromatic rings. The predicted molar refractivity (Wildman–Crippen MR) is 123 cm³/mol. The van der Waals surface area contributed by atoms with Gasteiger partial charge in [-0.05, 0) is 54.1 Å². The number of hydrogen-bond acceptors (Lipinski definition) is 3. The summed E-state index contributed by atoms with van der Waals surface area (Å²) in [6, 6.07) is 23.0. The summed E-state index contributed by atoms with van der Waals surface area (Å²) >= 11 is 0. The van der Waals surface area contributed by atoms with Gasteiger partial charge in [-0.3, -0.25) is 4.79 Å². The van der Waals surface area contributed by atoms with Crippen LogP contribution in [0.5, 0.6) is 5.75 Å². The second-order valence-corrected chi connectivity index (χ2v) is 7.21. The number of nitrogens with one attached hydrogen (secondary N) is 1. The van der Waals surface area contributed by atoms with E-state index in [1.165, 1.54) is 12.1 Å². The number of fused-ring (bicyclic) bond motifs is 1. The standard InChI is InChI=1S/C26H20FN3O2/c1-32-23-12-10-22(11-13-23)29-26(31)19(15-28)14-20-17-30(25-5-3-2-4-24(20)25)16-18-6-8-21(27)9-7-18/h2-14,17H,16H2,1H3,(H,29,31)/b19-14-. The fourth-order valence-corrected chi connectivity index (χ4v) is 3.48. The average Bonchev–Trinajstić information content (AvgIpc) is 3.16. The van der Waals surface area contributed by atoms with Gasteiger partial charge < -0.3 is 14.6 Å². The molecule has 1 heterocycles. The van der Waals surface area contributed by atoms with Crippen molar-refractivity contribution in [2.75, 3.05) is 12.4 Å². The van der Waals surface area contributed by atoms with Crippen LogP contribution >= 0.6 is 0 Å². The molecule has 1 amide bonds. The summed E-state index contributed by atoms with van der Waals surface area (Å²) in [5, 5.41) is 13.3. The maximum atomic E-state index is 13.2. The van der Waals surface area contributed by atoms with Crippen molar-refractivity contribution in [2.45, 2.75) is 6.54 Å². The van der Waals surface area contributed by atoms with Gasteiger partial charge in [0.15, 0.2) is 0 Å². The Morgan fingerprint density at radius 3 is 2.50 bits per heavy atom. The molecule has 0 radical (unpaired) electrons. The molecule has 32 heavy (non-hydrogen) atoms. The number of amides is 1. The maximum absolute atomic E-state index is 13.2. The number of anilines is 1. The second-order valence-electron chi connectivity index (χ2n) is 7.21. The monoisotopic (exact) mass is 425 g/mol. The Balaban J connectivity index is 1.64. The first-order valence-corrected chi connectivity index (χ1v) is 9.97. The number of para-hydroxylation sites is 1. The van der Waals surface area contributed by atoms with Gasteiger partial charge in [-0.1, -0.05) is 30.3 Å². The first kappa shape index (κ1) is 20.9. The fraction of sp³-hybridized carbons (Fsp3) is 0.0769. The van der Waals surface area contributed by atoms with Gasteiger partial charge in [0, 0.05) is 34.9 Å². The highest BCUT2D eigenvalue weighted by molar-refractivity contribution is 6.10. The van der Waals surface area contributed by atoms with Crippen LogP contribution in [0.2, 0.25) is 0 Å². The van der Waals surface area contributed by atoms with Crippen molar-refractivity contribution >= 4 is 28.6 Å². The lowest BCUT2D eigenvalue weighted by molar-refractivity contribution is -0.112. The molecular weight excluding hydrogens is 405 g/mol. The van der Waals surface area contributed by atoms with Gasteiger partial charge in [0.1, 0.15) is 23.2 Å². The van der Waals surface area contributed by atoms with Gasteiger partial charge in [-0.15, -0.1) is 0 Å². The zero-order chi connectivity index (χ0) is 22.5. The summed E-state index contributed by atoms with van der Waals surface area (Å²) in [4.78, 5) is 12.7. The number of halogens is 1. The first-order chi connectivity index (χ1) is 15.6. The predicted octanol–water partition coefficient (Wildman–Crippen LogP) is 5.38. The van der Waals surface area contributed by atoms with Crippen LogP contribution in [0.1, 0.15) is 11.1 Å². The summed E-state index contributed by atoms with van der Waals surface area (Å²) in [6.07, 6.45) is 3.48. The molecule has 0 unspecified atom stereocenters. The molecule has 5 nitrogen and oxygen atoms in total. The minimum atomic E-state index is -0.493. The number of nitriles is 1. The molecular formula is C26H20FN3O2. The molecule has 4 rings (SSSR count). The Morgan fingerprint density at radius 1 is 1.09 bits per heavy atom. The summed E-state index contributed by atoms with van der Waals surface area (Å²) in [6.45, 7) is 0.536. The molecule has 0 saturated carbocycles. The number of aromatic nitrogens is 1. The van der Waals surface area contributed by atoms with Gasteiger partial charge in [0.2, 0.25) is 0 Å². The van der Waals surface area contributed by atoms with Gasteiger partial charge in [-0.2, -0.15) is 5.26 Å². The van der Waals surface area contributed by atoms with Gasteiger partial charge >= 0.3 is 0 Å². The van der Waals surface area contributed by atoms with E-state index in [1.807, 2.05) is 41.1 Å². The van der Waals surface area contributed by atoms with Crippen molar-refractivity contribution in [3.05, 3.63) is 102 Å². The highest BCUT2D eigenvalue weighted by atomic mass is 19.1. The smallest absolute Gasteiger partial charge is 0.266 e. The molecule has 0 saturated heterocycles. The molecule has 1 aromatic heterocycles. The molecule has 3 aromatic carbocycles. The third-order valence-corrected chi connectivity index (χ3v) is 5.10. The van der Waals surface area contributed by atoms with E-state index in [9.17, 15) is 14.4 Å². The van der Waals surface area contributed by atoms with E-state index >= 15 is 0 Å². The quantitative estimate of drug-likeness (QED) is 0.333. The Labute approximate surface area is 185 Å². The minimum Gasteiger partial charge on any atom is -0.497 e. The average molecular weight is 425 g/mol. The fourth-order valence-electron chi connectivity index (χ4n) is 3.48. The second kappa shape index (κ2) is 9.19. The molecule has 0 bridgehead atoms. The largest absolute Gasteiger partial charge is 0.497 e. The minimum absolute atomic E-state index is 0.00879. The molecule has 6 heteroatoms. The van der Waals surface area contributed by atoms with Crippen LogP contribution in [0.25, 0.3) is 17.0 Å². The van der Waals surface area contributed by atoms with E-state index in [1.54, 1.807) is 49.6 Å².